The van der Waals surface area contributed by atoms with Gasteiger partial charge < -0.3 is 9.88 Å². The fourth-order valence-corrected chi connectivity index (χ4v) is 2.09. The number of nitrogens with one attached hydrogen (secondary N) is 1. The maximum Gasteiger partial charge on any atom is 0.263 e. The van der Waals surface area contributed by atoms with Gasteiger partial charge in [-0.1, -0.05) is 17.7 Å². The molecule has 104 valence electrons. The molecule has 0 bridgehead atoms. The first-order valence-corrected chi connectivity index (χ1v) is 6.45. The van der Waals surface area contributed by atoms with Crippen LogP contribution in [0.2, 0.25) is 0 Å². The number of rotatable bonds is 2. The molecule has 0 aliphatic carbocycles. The molecule has 0 radical (unpaired) electrons. The third-order valence-corrected chi connectivity index (χ3v) is 3.40. The summed E-state index contributed by atoms with van der Waals surface area (Å²) in [6.45, 7) is 5.60. The Balaban J connectivity index is 2.37. The van der Waals surface area contributed by atoms with Gasteiger partial charge in [0.15, 0.2) is 0 Å². The van der Waals surface area contributed by atoms with Gasteiger partial charge in [0.05, 0.1) is 0 Å². The average Bonchev–Trinajstić information content (AvgIpc) is 2.39. The zero-order valence-electron chi connectivity index (χ0n) is 12.2. The molecule has 2 rings (SSSR count). The fraction of sp³-hybridized carbons (Fsp3) is 0.250. The Morgan fingerprint density at radius 2 is 1.70 bits per heavy atom. The standard InChI is InChI=1S/C16H18N2O2/c1-10-5-7-13(8-6-10)17-15(19)14-11(2)9-12(3)18(4)16(14)20/h5-9H,1-4H3,(H,17,19). The van der Waals surface area contributed by atoms with Crippen LogP contribution in [0.25, 0.3) is 0 Å². The van der Waals surface area contributed by atoms with Crippen LogP contribution in [0.1, 0.15) is 27.2 Å². The molecule has 0 atom stereocenters. The normalized spacial score (nSPS) is 10.4. The van der Waals surface area contributed by atoms with Crippen LogP contribution in [-0.4, -0.2) is 10.5 Å². The summed E-state index contributed by atoms with van der Waals surface area (Å²) >= 11 is 0. The minimum absolute atomic E-state index is 0.193. The molecule has 0 spiro atoms. The van der Waals surface area contributed by atoms with Crippen molar-refractivity contribution < 1.29 is 4.79 Å². The van der Waals surface area contributed by atoms with Crippen molar-refractivity contribution in [1.82, 2.24) is 4.57 Å². The van der Waals surface area contributed by atoms with Gasteiger partial charge in [0.2, 0.25) is 0 Å². The number of anilines is 1. The van der Waals surface area contributed by atoms with E-state index in [4.69, 9.17) is 0 Å². The lowest BCUT2D eigenvalue weighted by molar-refractivity contribution is 0.102. The van der Waals surface area contributed by atoms with E-state index in [2.05, 4.69) is 5.32 Å². The van der Waals surface area contributed by atoms with Crippen LogP contribution in [0.3, 0.4) is 0 Å². The van der Waals surface area contributed by atoms with Crippen LogP contribution in [0.15, 0.2) is 35.1 Å². The first kappa shape index (κ1) is 14.1. The molecule has 1 amide bonds. The van der Waals surface area contributed by atoms with Crippen LogP contribution in [-0.2, 0) is 7.05 Å². The molecule has 0 aliphatic rings. The van der Waals surface area contributed by atoms with Crippen LogP contribution in [0.5, 0.6) is 0 Å². The molecule has 1 aromatic heterocycles. The van der Waals surface area contributed by atoms with Crippen LogP contribution >= 0.6 is 0 Å². The largest absolute Gasteiger partial charge is 0.322 e. The van der Waals surface area contributed by atoms with Gasteiger partial charge in [-0.25, -0.2) is 0 Å². The molecule has 0 unspecified atom stereocenters. The van der Waals surface area contributed by atoms with Crippen molar-refractivity contribution >= 4 is 11.6 Å². The summed E-state index contributed by atoms with van der Waals surface area (Å²) in [4.78, 5) is 24.5. The van der Waals surface area contributed by atoms with Gasteiger partial charge in [-0.05, 0) is 44.5 Å². The summed E-state index contributed by atoms with van der Waals surface area (Å²) in [5, 5.41) is 2.76. The number of pyridine rings is 1. The Bertz CT molecular complexity index is 712. The molecule has 2 aromatic rings. The number of benzene rings is 1. The van der Waals surface area contributed by atoms with Gasteiger partial charge in [-0.15, -0.1) is 0 Å². The topological polar surface area (TPSA) is 51.1 Å². The Morgan fingerprint density at radius 3 is 2.30 bits per heavy atom. The highest BCUT2D eigenvalue weighted by Crippen LogP contribution is 2.12. The van der Waals surface area contributed by atoms with E-state index in [1.165, 1.54) is 4.57 Å². The second-order valence-corrected chi connectivity index (χ2v) is 5.03. The van der Waals surface area contributed by atoms with E-state index in [0.717, 1.165) is 11.3 Å². The summed E-state index contributed by atoms with van der Waals surface area (Å²) in [5.74, 6) is -0.369. The molecule has 0 saturated heterocycles. The maximum atomic E-state index is 12.3. The van der Waals surface area contributed by atoms with Gasteiger partial charge in [-0.2, -0.15) is 0 Å². The zero-order chi connectivity index (χ0) is 14.9. The number of aryl methyl sites for hydroxylation is 3. The molecule has 1 aromatic carbocycles. The number of hydrogen-bond donors (Lipinski definition) is 1. The van der Waals surface area contributed by atoms with Crippen LogP contribution < -0.4 is 10.9 Å². The molecular formula is C16H18N2O2. The molecular weight excluding hydrogens is 252 g/mol. The molecule has 0 saturated carbocycles. The number of carbonyl (C=O) groups is 1. The van der Waals surface area contributed by atoms with Gasteiger partial charge in [0.25, 0.3) is 11.5 Å². The molecule has 0 fully saturated rings. The van der Waals surface area contributed by atoms with E-state index in [1.807, 2.05) is 44.2 Å². The lowest BCUT2D eigenvalue weighted by atomic mass is 10.1. The highest BCUT2D eigenvalue weighted by Gasteiger charge is 2.16. The molecule has 1 heterocycles. The van der Waals surface area contributed by atoms with E-state index in [0.29, 0.717) is 11.3 Å². The second-order valence-electron chi connectivity index (χ2n) is 5.03. The quantitative estimate of drug-likeness (QED) is 0.911. The van der Waals surface area contributed by atoms with Gasteiger partial charge in [0, 0.05) is 18.4 Å². The van der Waals surface area contributed by atoms with Crippen molar-refractivity contribution in [2.24, 2.45) is 7.05 Å². The fourth-order valence-electron chi connectivity index (χ4n) is 2.09. The molecule has 4 heteroatoms. The van der Waals surface area contributed by atoms with Crippen LogP contribution in [0.4, 0.5) is 5.69 Å². The van der Waals surface area contributed by atoms with Crippen molar-refractivity contribution in [2.45, 2.75) is 20.8 Å². The molecule has 1 N–H and O–H groups in total. The molecule has 4 nitrogen and oxygen atoms in total. The Kier molecular flexibility index (Phi) is 3.74. The lowest BCUT2D eigenvalue weighted by Crippen LogP contribution is -2.30. The van der Waals surface area contributed by atoms with Gasteiger partial charge in [0.1, 0.15) is 5.56 Å². The van der Waals surface area contributed by atoms with E-state index in [-0.39, 0.29) is 17.0 Å². The summed E-state index contributed by atoms with van der Waals surface area (Å²) in [6.07, 6.45) is 0. The lowest BCUT2D eigenvalue weighted by Gasteiger charge is -2.11. The van der Waals surface area contributed by atoms with Gasteiger partial charge in [-0.3, -0.25) is 9.59 Å². The number of amides is 1. The first-order valence-electron chi connectivity index (χ1n) is 6.45. The van der Waals surface area contributed by atoms with Crippen LogP contribution in [0, 0.1) is 20.8 Å². The minimum Gasteiger partial charge on any atom is -0.322 e. The highest BCUT2D eigenvalue weighted by atomic mass is 16.2. The van der Waals surface area contributed by atoms with E-state index in [1.54, 1.807) is 14.0 Å². The highest BCUT2D eigenvalue weighted by molar-refractivity contribution is 6.05. The van der Waals surface area contributed by atoms with E-state index < -0.39 is 0 Å². The minimum atomic E-state index is -0.369. The van der Waals surface area contributed by atoms with Crippen molar-refractivity contribution in [3.8, 4) is 0 Å². The summed E-state index contributed by atoms with van der Waals surface area (Å²) in [5.41, 5.74) is 3.24. The third kappa shape index (κ3) is 2.64. The van der Waals surface area contributed by atoms with Crippen molar-refractivity contribution in [1.29, 1.82) is 0 Å². The maximum absolute atomic E-state index is 12.3. The molecule has 0 aliphatic heterocycles. The zero-order valence-corrected chi connectivity index (χ0v) is 12.2. The number of aromatic nitrogens is 1. The Morgan fingerprint density at radius 1 is 1.10 bits per heavy atom. The Hall–Kier alpha value is -2.36. The SMILES string of the molecule is Cc1ccc(NC(=O)c2c(C)cc(C)n(C)c2=O)cc1. The number of carbonyl (C=O) groups excluding carboxylic acids is 1. The summed E-state index contributed by atoms with van der Waals surface area (Å²) in [6, 6.07) is 9.30. The number of hydrogen-bond acceptors (Lipinski definition) is 2. The van der Waals surface area contributed by atoms with Crippen molar-refractivity contribution in [3.63, 3.8) is 0 Å². The summed E-state index contributed by atoms with van der Waals surface area (Å²) < 4.78 is 1.48. The number of nitrogens with zero attached hydrogens (tertiary/aromatic N) is 1. The second kappa shape index (κ2) is 5.33. The van der Waals surface area contributed by atoms with E-state index in [9.17, 15) is 9.59 Å². The van der Waals surface area contributed by atoms with E-state index >= 15 is 0 Å². The summed E-state index contributed by atoms with van der Waals surface area (Å²) in [7, 11) is 1.67. The van der Waals surface area contributed by atoms with Gasteiger partial charge >= 0.3 is 0 Å². The smallest absolute Gasteiger partial charge is 0.263 e. The van der Waals surface area contributed by atoms with Crippen molar-refractivity contribution in [2.75, 3.05) is 5.32 Å². The van der Waals surface area contributed by atoms with Crippen molar-refractivity contribution in [3.05, 3.63) is 63.1 Å². The third-order valence-electron chi connectivity index (χ3n) is 3.40. The average molecular weight is 270 g/mol. The Labute approximate surface area is 118 Å². The monoisotopic (exact) mass is 270 g/mol. The predicted octanol–water partition coefficient (Wildman–Crippen LogP) is 2.56. The first-order chi connectivity index (χ1) is 9.40. The molecule has 20 heavy (non-hydrogen) atoms. The predicted molar refractivity (Wildman–Crippen MR) is 80.3 cm³/mol.